The van der Waals surface area contributed by atoms with Gasteiger partial charge >= 0.3 is 0 Å². The summed E-state index contributed by atoms with van der Waals surface area (Å²) in [4.78, 5) is 10.2. The molecule has 0 saturated carbocycles. The molecule has 3 aromatic heterocycles. The normalized spacial score (nSPS) is 12.0. The molecule has 0 radical (unpaired) electrons. The average molecular weight is 689 g/mol. The molecule has 0 saturated heterocycles. The van der Waals surface area contributed by atoms with E-state index in [1.54, 1.807) is 0 Å². The summed E-state index contributed by atoms with van der Waals surface area (Å²) in [5.74, 6) is 0. The minimum Gasteiger partial charge on any atom is -0.436 e. The van der Waals surface area contributed by atoms with Gasteiger partial charge in [0, 0.05) is 36.0 Å². The van der Waals surface area contributed by atoms with Gasteiger partial charge in [0.15, 0.2) is 0 Å². The number of furan rings is 1. The van der Waals surface area contributed by atoms with Gasteiger partial charge in [0.2, 0.25) is 5.71 Å². The number of nitrogens with zero attached hydrogens (tertiary/aromatic N) is 2. The van der Waals surface area contributed by atoms with Gasteiger partial charge < -0.3 is 4.42 Å². The number of hydrogen-bond acceptors (Lipinski definition) is 4. The number of hydrogen-bond donors (Lipinski definition) is 0. The third kappa shape index (κ3) is 4.37. The third-order valence-corrected chi connectivity index (χ3v) is 11.7. The fraction of sp³-hybridized carbons (Fsp3) is 0. The van der Waals surface area contributed by atoms with Gasteiger partial charge in [-0.1, -0.05) is 127 Å². The van der Waals surface area contributed by atoms with Crippen LogP contribution in [0.15, 0.2) is 156 Å². The first-order valence-electron chi connectivity index (χ1n) is 16.9. The van der Waals surface area contributed by atoms with Crippen LogP contribution in [0.25, 0.3) is 108 Å². The van der Waals surface area contributed by atoms with Crippen molar-refractivity contribution >= 4 is 97.9 Å². The summed E-state index contributed by atoms with van der Waals surface area (Å²) in [6, 6.07) is 53.5. The summed E-state index contributed by atoms with van der Waals surface area (Å²) in [6.45, 7) is 0. The second-order valence-electron chi connectivity index (χ2n) is 13.0. The van der Waals surface area contributed by atoms with Crippen molar-refractivity contribution in [1.29, 1.82) is 0 Å². The molecule has 3 heterocycles. The minimum atomic E-state index is 0.506. The van der Waals surface area contributed by atoms with E-state index in [1.807, 2.05) is 35.6 Å². The van der Waals surface area contributed by atoms with E-state index in [4.69, 9.17) is 26.0 Å². The molecule has 0 aliphatic heterocycles. The molecule has 0 bridgehead atoms. The van der Waals surface area contributed by atoms with Crippen LogP contribution in [-0.4, -0.2) is 9.97 Å². The Hall–Kier alpha value is -6.07. The molecule has 8 aromatic carbocycles. The van der Waals surface area contributed by atoms with Crippen molar-refractivity contribution < 1.29 is 4.42 Å². The summed E-state index contributed by atoms with van der Waals surface area (Å²) in [7, 11) is 0. The summed E-state index contributed by atoms with van der Waals surface area (Å²) in [5.41, 5.74) is 10.6. The van der Waals surface area contributed by atoms with Crippen LogP contribution in [0.3, 0.4) is 0 Å². The molecule has 0 unspecified atom stereocenters. The van der Waals surface area contributed by atoms with Gasteiger partial charge in [-0.25, -0.2) is 9.97 Å². The second kappa shape index (κ2) is 11.0. The molecule has 5 heteroatoms. The highest BCUT2D eigenvalue weighted by molar-refractivity contribution is 7.26. The maximum absolute atomic E-state index is 6.85. The first-order chi connectivity index (χ1) is 25.2. The summed E-state index contributed by atoms with van der Waals surface area (Å²) < 4.78 is 9.16. The molecule has 11 aromatic rings. The Balaban J connectivity index is 1.02. The fourth-order valence-electron chi connectivity index (χ4n) is 7.77. The average Bonchev–Trinajstić information content (AvgIpc) is 3.75. The third-order valence-electron chi connectivity index (χ3n) is 10.1. The molecule has 0 aliphatic carbocycles. The van der Waals surface area contributed by atoms with Crippen LogP contribution in [0, 0.1) is 0 Å². The molecule has 0 aliphatic rings. The molecule has 11 rings (SSSR count). The van der Waals surface area contributed by atoms with E-state index in [1.165, 1.54) is 36.9 Å². The number of aromatic nitrogens is 2. The molecule has 0 atom stereocenters. The Bertz CT molecular complexity index is 3230. The largest absolute Gasteiger partial charge is 0.436 e. The highest BCUT2D eigenvalue weighted by Gasteiger charge is 2.20. The van der Waals surface area contributed by atoms with Crippen LogP contribution in [0.4, 0.5) is 0 Å². The van der Waals surface area contributed by atoms with E-state index < -0.39 is 0 Å². The fourth-order valence-corrected chi connectivity index (χ4v) is 9.27. The predicted molar refractivity (Wildman–Crippen MR) is 216 cm³/mol. The van der Waals surface area contributed by atoms with Crippen molar-refractivity contribution in [2.24, 2.45) is 0 Å². The number of rotatable bonds is 3. The number of fused-ring (bicyclic) bond motifs is 12. The predicted octanol–water partition coefficient (Wildman–Crippen LogP) is 13.9. The highest BCUT2D eigenvalue weighted by atomic mass is 35.5. The van der Waals surface area contributed by atoms with Crippen LogP contribution in [0.2, 0.25) is 5.02 Å². The first-order valence-corrected chi connectivity index (χ1v) is 18.1. The van der Waals surface area contributed by atoms with Crippen LogP contribution < -0.4 is 0 Å². The molecular formula is C46H25ClN2OS. The Kier molecular flexibility index (Phi) is 6.18. The van der Waals surface area contributed by atoms with Crippen molar-refractivity contribution in [3.05, 3.63) is 157 Å². The lowest BCUT2D eigenvalue weighted by molar-refractivity contribution is 0.659. The lowest BCUT2D eigenvalue weighted by Gasteiger charge is -2.10. The molecule has 0 spiro atoms. The summed E-state index contributed by atoms with van der Waals surface area (Å²) in [6.07, 6.45) is 0. The maximum Gasteiger partial charge on any atom is 0.246 e. The van der Waals surface area contributed by atoms with E-state index in [2.05, 4.69) is 127 Å². The SMILES string of the molecule is Clc1cccc2c3ccccc3c3oc4nc5cc(-c6cccc(-c7cccc(-c8cccc9c8sc8ccccc89)c7)c6)ccc5nc4c3c12. The molecular weight excluding hydrogens is 664 g/mol. The van der Waals surface area contributed by atoms with E-state index in [-0.39, 0.29) is 0 Å². The molecule has 0 N–H and O–H groups in total. The zero-order valence-electron chi connectivity index (χ0n) is 27.0. The highest BCUT2D eigenvalue weighted by Crippen LogP contribution is 2.44. The van der Waals surface area contributed by atoms with E-state index in [0.717, 1.165) is 65.8 Å². The smallest absolute Gasteiger partial charge is 0.246 e. The topological polar surface area (TPSA) is 38.9 Å². The molecule has 51 heavy (non-hydrogen) atoms. The Labute approximate surface area is 301 Å². The summed E-state index contributed by atoms with van der Waals surface area (Å²) >= 11 is 8.71. The molecule has 0 fully saturated rings. The number of thiophene rings is 1. The van der Waals surface area contributed by atoms with Gasteiger partial charge in [-0.15, -0.1) is 11.3 Å². The van der Waals surface area contributed by atoms with Crippen molar-refractivity contribution in [2.75, 3.05) is 0 Å². The number of halogens is 1. The van der Waals surface area contributed by atoms with Gasteiger partial charge in [0.05, 0.1) is 16.4 Å². The Morgan fingerprint density at radius 2 is 1.12 bits per heavy atom. The standard InChI is InChI=1S/C46H25ClN2OS/c47-37-19-8-17-34-32-13-1-2-15-35(32)44-42(41(34)37)43-46(50-44)49-39-25-29(21-22-38(39)48-43)27-10-5-9-26(23-27)28-11-6-12-30(24-28)31-16-7-18-36-33-14-3-4-20-40(33)51-45(31)36/h1-25H. The van der Waals surface area contributed by atoms with E-state index in [9.17, 15) is 0 Å². The Morgan fingerprint density at radius 1 is 0.471 bits per heavy atom. The van der Waals surface area contributed by atoms with Crippen LogP contribution in [0.5, 0.6) is 0 Å². The van der Waals surface area contributed by atoms with Gasteiger partial charge in [-0.2, -0.15) is 0 Å². The van der Waals surface area contributed by atoms with Crippen molar-refractivity contribution in [2.45, 2.75) is 0 Å². The monoisotopic (exact) mass is 688 g/mol. The lowest BCUT2D eigenvalue weighted by atomic mass is 9.95. The van der Waals surface area contributed by atoms with Gasteiger partial charge in [0.1, 0.15) is 11.1 Å². The quantitative estimate of drug-likeness (QED) is 0.173. The molecule has 238 valence electrons. The first kappa shape index (κ1) is 28.7. The molecule has 0 amide bonds. The number of benzene rings is 8. The Morgan fingerprint density at radius 3 is 1.96 bits per heavy atom. The van der Waals surface area contributed by atoms with Gasteiger partial charge in [-0.05, 0) is 80.6 Å². The van der Waals surface area contributed by atoms with Crippen LogP contribution >= 0.6 is 22.9 Å². The van der Waals surface area contributed by atoms with Crippen LogP contribution in [0.1, 0.15) is 0 Å². The van der Waals surface area contributed by atoms with E-state index >= 15 is 0 Å². The zero-order valence-corrected chi connectivity index (χ0v) is 28.6. The van der Waals surface area contributed by atoms with Gasteiger partial charge in [0.25, 0.3) is 0 Å². The van der Waals surface area contributed by atoms with Crippen molar-refractivity contribution in [1.82, 2.24) is 9.97 Å². The maximum atomic E-state index is 6.85. The lowest BCUT2D eigenvalue weighted by Crippen LogP contribution is -1.88. The van der Waals surface area contributed by atoms with Gasteiger partial charge in [-0.3, -0.25) is 0 Å². The second-order valence-corrected chi connectivity index (χ2v) is 14.5. The van der Waals surface area contributed by atoms with E-state index in [0.29, 0.717) is 10.7 Å². The van der Waals surface area contributed by atoms with Crippen molar-refractivity contribution in [3.63, 3.8) is 0 Å². The molecule has 3 nitrogen and oxygen atoms in total. The minimum absolute atomic E-state index is 0.506. The zero-order chi connectivity index (χ0) is 33.6. The summed E-state index contributed by atoms with van der Waals surface area (Å²) in [5, 5.41) is 8.34. The van der Waals surface area contributed by atoms with Crippen molar-refractivity contribution in [3.8, 4) is 33.4 Å². The van der Waals surface area contributed by atoms with Crippen LogP contribution in [-0.2, 0) is 0 Å².